The van der Waals surface area contributed by atoms with Crippen LogP contribution in [0.4, 0.5) is 0 Å². The van der Waals surface area contributed by atoms with E-state index in [0.717, 1.165) is 16.8 Å². The van der Waals surface area contributed by atoms with Gasteiger partial charge in [-0.25, -0.2) is 4.68 Å². The van der Waals surface area contributed by atoms with Crippen molar-refractivity contribution in [2.75, 3.05) is 0 Å². The van der Waals surface area contributed by atoms with Crippen molar-refractivity contribution >= 4 is 51.4 Å². The number of amidine groups is 2. The number of nitrogens with zero attached hydrogens (tertiary/aromatic N) is 5. The third-order valence-electron chi connectivity index (χ3n) is 5.17. The monoisotopic (exact) mass is 460 g/mol. The topological polar surface area (TPSA) is 86.7 Å². The zero-order chi connectivity index (χ0) is 22.4. The summed E-state index contributed by atoms with van der Waals surface area (Å²) in [7, 11) is 0. The SMILES string of the molecule is Cc1ccccc1C1=NN2C(=N)/C(=C/c3c(C)nn(-c4ccccc4)c3Cl)C(=O)N=C2S1. The zero-order valence-corrected chi connectivity index (χ0v) is 18.8. The number of fused-ring (bicyclic) bond motifs is 1. The molecule has 2 aromatic carbocycles. The molecule has 1 aromatic heterocycles. The molecule has 2 aliphatic rings. The van der Waals surface area contributed by atoms with Crippen LogP contribution in [-0.2, 0) is 4.79 Å². The van der Waals surface area contributed by atoms with Gasteiger partial charge in [-0.05, 0) is 49.4 Å². The number of aryl methyl sites for hydroxylation is 2. The third-order valence-corrected chi connectivity index (χ3v) is 6.47. The molecule has 1 amide bonds. The van der Waals surface area contributed by atoms with Gasteiger partial charge >= 0.3 is 0 Å². The van der Waals surface area contributed by atoms with Crippen LogP contribution in [0.3, 0.4) is 0 Å². The summed E-state index contributed by atoms with van der Waals surface area (Å²) < 4.78 is 1.61. The fourth-order valence-electron chi connectivity index (χ4n) is 3.47. The minimum Gasteiger partial charge on any atom is -0.282 e. The summed E-state index contributed by atoms with van der Waals surface area (Å²) in [5.41, 5.74) is 4.13. The summed E-state index contributed by atoms with van der Waals surface area (Å²) >= 11 is 7.88. The van der Waals surface area contributed by atoms with Crippen LogP contribution in [0.2, 0.25) is 5.15 Å². The predicted octanol–water partition coefficient (Wildman–Crippen LogP) is 4.81. The van der Waals surface area contributed by atoms with Crippen LogP contribution in [0.5, 0.6) is 0 Å². The summed E-state index contributed by atoms with van der Waals surface area (Å²) in [5.74, 6) is -0.545. The van der Waals surface area contributed by atoms with Gasteiger partial charge in [0.1, 0.15) is 10.2 Å². The van der Waals surface area contributed by atoms with E-state index in [2.05, 4.69) is 15.2 Å². The van der Waals surface area contributed by atoms with Crippen molar-refractivity contribution in [1.29, 1.82) is 5.41 Å². The molecular weight excluding hydrogens is 444 g/mol. The first kappa shape index (κ1) is 20.4. The first-order chi connectivity index (χ1) is 15.4. The predicted molar refractivity (Wildman–Crippen MR) is 129 cm³/mol. The van der Waals surface area contributed by atoms with E-state index in [9.17, 15) is 4.79 Å². The molecule has 0 saturated heterocycles. The lowest BCUT2D eigenvalue weighted by Gasteiger charge is -2.20. The number of para-hydroxylation sites is 1. The zero-order valence-electron chi connectivity index (χ0n) is 17.2. The number of aliphatic imine (C=N–C) groups is 1. The Bertz CT molecular complexity index is 1370. The van der Waals surface area contributed by atoms with Crippen molar-refractivity contribution in [3.05, 3.63) is 87.7 Å². The number of aromatic nitrogens is 2. The fourth-order valence-corrected chi connectivity index (χ4v) is 4.78. The number of benzene rings is 2. The molecule has 0 fully saturated rings. The highest BCUT2D eigenvalue weighted by Crippen LogP contribution is 2.33. The molecule has 0 aliphatic carbocycles. The van der Waals surface area contributed by atoms with Gasteiger partial charge < -0.3 is 0 Å². The molecule has 7 nitrogen and oxygen atoms in total. The number of hydrogen-bond acceptors (Lipinski definition) is 5. The normalized spacial score (nSPS) is 17.0. The second-order valence-electron chi connectivity index (χ2n) is 7.28. The number of carbonyl (C=O) groups excluding carboxylic acids is 1. The summed E-state index contributed by atoms with van der Waals surface area (Å²) in [6, 6.07) is 17.3. The second-order valence-corrected chi connectivity index (χ2v) is 8.59. The van der Waals surface area contributed by atoms with Crippen LogP contribution in [0, 0.1) is 19.3 Å². The number of hydrogen-bond donors (Lipinski definition) is 1. The van der Waals surface area contributed by atoms with Gasteiger partial charge in [-0.2, -0.15) is 20.2 Å². The molecule has 3 heterocycles. The van der Waals surface area contributed by atoms with E-state index in [1.165, 1.54) is 16.8 Å². The van der Waals surface area contributed by atoms with Gasteiger partial charge in [0.15, 0.2) is 5.84 Å². The molecule has 1 N–H and O–H groups in total. The minimum absolute atomic E-state index is 0.0426. The smallest absolute Gasteiger partial charge is 0.282 e. The lowest BCUT2D eigenvalue weighted by molar-refractivity contribution is -0.114. The van der Waals surface area contributed by atoms with Crippen molar-refractivity contribution < 1.29 is 4.79 Å². The van der Waals surface area contributed by atoms with E-state index in [-0.39, 0.29) is 11.4 Å². The van der Waals surface area contributed by atoms with E-state index in [1.54, 1.807) is 10.8 Å². The van der Waals surface area contributed by atoms with Crippen molar-refractivity contribution in [3.8, 4) is 5.69 Å². The largest absolute Gasteiger partial charge is 0.283 e. The van der Waals surface area contributed by atoms with Gasteiger partial charge in [0.05, 0.1) is 17.0 Å². The van der Waals surface area contributed by atoms with Crippen molar-refractivity contribution in [2.45, 2.75) is 13.8 Å². The van der Waals surface area contributed by atoms with Crippen molar-refractivity contribution in [2.24, 2.45) is 10.1 Å². The molecule has 3 aromatic rings. The van der Waals surface area contributed by atoms with Crippen LogP contribution >= 0.6 is 23.4 Å². The Hall–Kier alpha value is -3.49. The Morgan fingerprint density at radius 2 is 1.78 bits per heavy atom. The van der Waals surface area contributed by atoms with Crippen molar-refractivity contribution in [1.82, 2.24) is 14.8 Å². The van der Waals surface area contributed by atoms with Crippen LogP contribution in [-0.4, -0.2) is 36.7 Å². The van der Waals surface area contributed by atoms with Gasteiger partial charge in [0.2, 0.25) is 5.17 Å². The van der Waals surface area contributed by atoms with Crippen LogP contribution in [0.1, 0.15) is 22.4 Å². The van der Waals surface area contributed by atoms with Gasteiger partial charge in [-0.3, -0.25) is 10.2 Å². The van der Waals surface area contributed by atoms with E-state index in [4.69, 9.17) is 17.0 Å². The molecule has 0 radical (unpaired) electrons. The Kier molecular flexibility index (Phi) is 5.03. The highest BCUT2D eigenvalue weighted by molar-refractivity contribution is 8.27. The minimum atomic E-state index is -0.502. The quantitative estimate of drug-likeness (QED) is 0.568. The van der Waals surface area contributed by atoms with Gasteiger partial charge in [0.25, 0.3) is 5.91 Å². The van der Waals surface area contributed by atoms with Gasteiger partial charge in [-0.1, -0.05) is 54.1 Å². The fraction of sp³-hybridized carbons (Fsp3) is 0.0870. The number of thioether (sulfide) groups is 1. The first-order valence-corrected chi connectivity index (χ1v) is 11.0. The molecule has 9 heteroatoms. The summed E-state index contributed by atoms with van der Waals surface area (Å²) in [6.45, 7) is 3.80. The maximum atomic E-state index is 12.8. The maximum Gasteiger partial charge on any atom is 0.283 e. The molecule has 0 unspecified atom stereocenters. The average Bonchev–Trinajstić information content (AvgIpc) is 3.33. The van der Waals surface area contributed by atoms with Crippen LogP contribution in [0.15, 0.2) is 70.3 Å². The Labute approximate surface area is 193 Å². The number of hydrazone groups is 1. The van der Waals surface area contributed by atoms with Gasteiger partial charge in [-0.15, -0.1) is 0 Å². The third kappa shape index (κ3) is 3.37. The summed E-state index contributed by atoms with van der Waals surface area (Å²) in [5, 5.41) is 20.5. The first-order valence-electron chi connectivity index (χ1n) is 9.81. The Morgan fingerprint density at radius 1 is 1.06 bits per heavy atom. The van der Waals surface area contributed by atoms with E-state index < -0.39 is 5.91 Å². The number of amides is 1. The summed E-state index contributed by atoms with van der Waals surface area (Å²) in [4.78, 5) is 17.0. The molecule has 0 saturated carbocycles. The average molecular weight is 461 g/mol. The molecule has 2 aliphatic heterocycles. The molecule has 32 heavy (non-hydrogen) atoms. The highest BCUT2D eigenvalue weighted by Gasteiger charge is 2.36. The van der Waals surface area contributed by atoms with Crippen molar-refractivity contribution in [3.63, 3.8) is 0 Å². The second kappa shape index (κ2) is 7.89. The molecule has 0 atom stereocenters. The molecule has 5 rings (SSSR count). The van der Waals surface area contributed by atoms with Crippen LogP contribution < -0.4 is 0 Å². The standard InChI is InChI=1S/C23H17ClN6OS/c1-13-8-6-7-11-16(13)22-28-30-20(25)18(21(31)26-23(30)32-22)12-17-14(2)27-29(19(17)24)15-9-4-3-5-10-15/h3-12,25H,1-2H3/b18-12-,25-20?. The molecular formula is C23H17ClN6OS. The molecule has 0 bridgehead atoms. The Morgan fingerprint density at radius 3 is 2.53 bits per heavy atom. The lowest BCUT2D eigenvalue weighted by atomic mass is 10.1. The summed E-state index contributed by atoms with van der Waals surface area (Å²) in [6.07, 6.45) is 1.57. The number of rotatable bonds is 3. The van der Waals surface area contributed by atoms with Crippen LogP contribution in [0.25, 0.3) is 11.8 Å². The number of carbonyl (C=O) groups is 1. The number of halogens is 1. The lowest BCUT2D eigenvalue weighted by Crippen LogP contribution is -2.35. The van der Waals surface area contributed by atoms with E-state index >= 15 is 0 Å². The van der Waals surface area contributed by atoms with E-state index in [0.29, 0.717) is 26.6 Å². The van der Waals surface area contributed by atoms with E-state index in [1.807, 2.05) is 68.4 Å². The highest BCUT2D eigenvalue weighted by atomic mass is 35.5. The number of nitrogens with one attached hydrogen (secondary N) is 1. The Balaban J connectivity index is 1.53. The van der Waals surface area contributed by atoms with Gasteiger partial charge in [0, 0.05) is 11.1 Å². The molecule has 0 spiro atoms. The maximum absolute atomic E-state index is 12.8. The molecule has 158 valence electrons.